The lowest BCUT2D eigenvalue weighted by Crippen LogP contribution is -2.15. The zero-order valence-electron chi connectivity index (χ0n) is 9.98. The van der Waals surface area contributed by atoms with Crippen LogP contribution in [-0.2, 0) is 0 Å². The fourth-order valence-electron chi connectivity index (χ4n) is 1.85. The van der Waals surface area contributed by atoms with Crippen molar-refractivity contribution in [3.05, 3.63) is 39.1 Å². The lowest BCUT2D eigenvalue weighted by Gasteiger charge is -2.07. The largest absolute Gasteiger partial charge is 0.493 e. The van der Waals surface area contributed by atoms with Crippen molar-refractivity contribution in [2.75, 3.05) is 5.32 Å². The van der Waals surface area contributed by atoms with Gasteiger partial charge in [-0.05, 0) is 30.5 Å². The summed E-state index contributed by atoms with van der Waals surface area (Å²) in [5.74, 6) is 0.0637. The molecule has 1 heterocycles. The first-order valence-electron chi connectivity index (χ1n) is 5.99. The van der Waals surface area contributed by atoms with Gasteiger partial charge in [0.15, 0.2) is 0 Å². The van der Waals surface area contributed by atoms with Crippen LogP contribution in [0.2, 0.25) is 0 Å². The number of halogens is 1. The molecule has 0 radical (unpaired) electrons. The molecule has 1 fully saturated rings. The van der Waals surface area contributed by atoms with Gasteiger partial charge in [0, 0.05) is 10.5 Å². The molecule has 0 unspecified atom stereocenters. The summed E-state index contributed by atoms with van der Waals surface area (Å²) in [6, 6.07) is 7.53. The maximum Gasteiger partial charge on any atom is 0.264 e. The number of benzene rings is 1. The third-order valence-corrected chi connectivity index (χ3v) is 3.43. The molecular formula is C13H12BrN3O2. The van der Waals surface area contributed by atoms with Crippen molar-refractivity contribution in [2.24, 2.45) is 0 Å². The second-order valence-corrected chi connectivity index (χ2v) is 5.46. The number of nitrogens with zero attached hydrogens (tertiary/aromatic N) is 1. The highest BCUT2D eigenvalue weighted by molar-refractivity contribution is 9.10. The van der Waals surface area contributed by atoms with Crippen LogP contribution < -0.4 is 10.9 Å². The molecule has 0 bridgehead atoms. The number of H-pyrrole nitrogens is 1. The SMILES string of the molecule is O=c1[nH]c(NC2CC2)nc(O)c1-c1cccc(Br)c1. The Hall–Kier alpha value is -1.82. The molecule has 3 rings (SSSR count). The van der Waals surface area contributed by atoms with Crippen molar-refractivity contribution >= 4 is 21.9 Å². The maximum atomic E-state index is 12.1. The Morgan fingerprint density at radius 1 is 1.42 bits per heavy atom. The van der Waals surface area contributed by atoms with Gasteiger partial charge in [-0.3, -0.25) is 9.78 Å². The Morgan fingerprint density at radius 3 is 2.84 bits per heavy atom. The van der Waals surface area contributed by atoms with Crippen molar-refractivity contribution in [3.63, 3.8) is 0 Å². The van der Waals surface area contributed by atoms with Crippen molar-refractivity contribution in [1.82, 2.24) is 9.97 Å². The summed E-state index contributed by atoms with van der Waals surface area (Å²) in [5, 5.41) is 13.0. The molecule has 6 heteroatoms. The number of hydrogen-bond acceptors (Lipinski definition) is 4. The van der Waals surface area contributed by atoms with Crippen LogP contribution >= 0.6 is 15.9 Å². The molecule has 0 aliphatic heterocycles. The van der Waals surface area contributed by atoms with E-state index in [0.29, 0.717) is 17.6 Å². The van der Waals surface area contributed by atoms with E-state index in [2.05, 4.69) is 31.2 Å². The zero-order chi connectivity index (χ0) is 13.4. The Bertz CT molecular complexity index is 680. The first-order valence-corrected chi connectivity index (χ1v) is 6.78. The lowest BCUT2D eigenvalue weighted by atomic mass is 10.1. The molecule has 0 spiro atoms. The highest BCUT2D eigenvalue weighted by atomic mass is 79.9. The van der Waals surface area contributed by atoms with Crippen LogP contribution in [0.1, 0.15) is 12.8 Å². The van der Waals surface area contributed by atoms with E-state index in [9.17, 15) is 9.90 Å². The molecule has 1 aliphatic carbocycles. The number of aromatic hydroxyl groups is 1. The van der Waals surface area contributed by atoms with Gasteiger partial charge in [0.2, 0.25) is 11.8 Å². The smallest absolute Gasteiger partial charge is 0.264 e. The number of anilines is 1. The fourth-order valence-corrected chi connectivity index (χ4v) is 2.25. The Morgan fingerprint density at radius 2 is 2.21 bits per heavy atom. The Kier molecular flexibility index (Phi) is 3.02. The van der Waals surface area contributed by atoms with Crippen molar-refractivity contribution in [2.45, 2.75) is 18.9 Å². The predicted molar refractivity (Wildman–Crippen MR) is 76.3 cm³/mol. The molecule has 0 atom stereocenters. The molecule has 0 amide bonds. The lowest BCUT2D eigenvalue weighted by molar-refractivity contribution is 0.454. The van der Waals surface area contributed by atoms with E-state index in [4.69, 9.17) is 0 Å². The van der Waals surface area contributed by atoms with E-state index in [0.717, 1.165) is 17.3 Å². The third kappa shape index (κ3) is 2.63. The zero-order valence-corrected chi connectivity index (χ0v) is 11.6. The van der Waals surface area contributed by atoms with Gasteiger partial charge in [-0.1, -0.05) is 28.1 Å². The van der Waals surface area contributed by atoms with Crippen LogP contribution in [-0.4, -0.2) is 21.1 Å². The molecule has 1 aliphatic rings. The van der Waals surface area contributed by atoms with Gasteiger partial charge in [-0.2, -0.15) is 4.98 Å². The second kappa shape index (κ2) is 4.70. The summed E-state index contributed by atoms with van der Waals surface area (Å²) in [6.45, 7) is 0. The standard InChI is InChI=1S/C13H12BrN3O2/c14-8-3-1-2-7(6-8)10-11(18)16-13(17-12(10)19)15-9-4-5-9/h1-3,6,9H,4-5H2,(H3,15,16,17,18,19). The molecule has 1 aromatic carbocycles. The van der Waals surface area contributed by atoms with Crippen LogP contribution in [0, 0.1) is 0 Å². The monoisotopic (exact) mass is 321 g/mol. The maximum absolute atomic E-state index is 12.1. The molecule has 1 aromatic heterocycles. The van der Waals surface area contributed by atoms with Gasteiger partial charge in [0.25, 0.3) is 5.56 Å². The van der Waals surface area contributed by atoms with Gasteiger partial charge in [0.05, 0.1) is 0 Å². The van der Waals surface area contributed by atoms with E-state index < -0.39 is 0 Å². The Balaban J connectivity index is 2.04. The number of aromatic amines is 1. The van der Waals surface area contributed by atoms with Crippen LogP contribution in [0.4, 0.5) is 5.95 Å². The quantitative estimate of drug-likeness (QED) is 0.811. The predicted octanol–water partition coefficient (Wildman–Crippen LogP) is 2.48. The van der Waals surface area contributed by atoms with Crippen LogP contribution in [0.15, 0.2) is 33.5 Å². The first kappa shape index (κ1) is 12.2. The van der Waals surface area contributed by atoms with Crippen molar-refractivity contribution in [3.8, 4) is 17.0 Å². The molecule has 1 saturated carbocycles. The molecule has 19 heavy (non-hydrogen) atoms. The highest BCUT2D eigenvalue weighted by Crippen LogP contribution is 2.28. The number of nitrogens with one attached hydrogen (secondary N) is 2. The molecule has 0 saturated heterocycles. The summed E-state index contributed by atoms with van der Waals surface area (Å²) in [6.07, 6.45) is 2.13. The highest BCUT2D eigenvalue weighted by Gasteiger charge is 2.22. The van der Waals surface area contributed by atoms with Crippen LogP contribution in [0.25, 0.3) is 11.1 Å². The summed E-state index contributed by atoms with van der Waals surface area (Å²) in [7, 11) is 0. The molecule has 5 nitrogen and oxygen atoms in total. The van der Waals surface area contributed by atoms with Gasteiger partial charge >= 0.3 is 0 Å². The number of rotatable bonds is 3. The Labute approximate surface area is 117 Å². The third-order valence-electron chi connectivity index (χ3n) is 2.93. The average molecular weight is 322 g/mol. The minimum absolute atomic E-state index is 0.183. The number of aromatic nitrogens is 2. The van der Waals surface area contributed by atoms with Gasteiger partial charge in [-0.25, -0.2) is 0 Å². The summed E-state index contributed by atoms with van der Waals surface area (Å²) >= 11 is 3.34. The minimum Gasteiger partial charge on any atom is -0.493 e. The van der Waals surface area contributed by atoms with E-state index in [1.54, 1.807) is 18.2 Å². The molecule has 98 valence electrons. The van der Waals surface area contributed by atoms with Gasteiger partial charge in [0.1, 0.15) is 5.56 Å². The van der Waals surface area contributed by atoms with E-state index >= 15 is 0 Å². The van der Waals surface area contributed by atoms with E-state index in [-0.39, 0.29) is 17.0 Å². The second-order valence-electron chi connectivity index (χ2n) is 4.54. The summed E-state index contributed by atoms with van der Waals surface area (Å²) in [4.78, 5) is 18.7. The average Bonchev–Trinajstić information content (AvgIpc) is 3.12. The summed E-state index contributed by atoms with van der Waals surface area (Å²) < 4.78 is 0.837. The van der Waals surface area contributed by atoms with Crippen LogP contribution in [0.3, 0.4) is 0 Å². The minimum atomic E-state index is -0.353. The van der Waals surface area contributed by atoms with Gasteiger partial charge < -0.3 is 10.4 Å². The topological polar surface area (TPSA) is 78.0 Å². The molecule has 2 aromatic rings. The summed E-state index contributed by atoms with van der Waals surface area (Å²) in [5.41, 5.74) is 0.454. The normalized spacial score (nSPS) is 14.4. The fraction of sp³-hybridized carbons (Fsp3) is 0.231. The van der Waals surface area contributed by atoms with Crippen molar-refractivity contribution in [1.29, 1.82) is 0 Å². The molecular weight excluding hydrogens is 310 g/mol. The number of hydrogen-bond donors (Lipinski definition) is 3. The molecule has 3 N–H and O–H groups in total. The van der Waals surface area contributed by atoms with E-state index in [1.165, 1.54) is 0 Å². The van der Waals surface area contributed by atoms with Crippen LogP contribution in [0.5, 0.6) is 5.88 Å². The first-order chi connectivity index (χ1) is 9.13. The van der Waals surface area contributed by atoms with E-state index in [1.807, 2.05) is 6.07 Å². The van der Waals surface area contributed by atoms with Crippen molar-refractivity contribution < 1.29 is 5.11 Å². The van der Waals surface area contributed by atoms with Gasteiger partial charge in [-0.15, -0.1) is 0 Å².